The SMILES string of the molecule is CC(C)=CC(=O)Nc1ccc(CC(=O)N[C@H](C)c2cccc3ccccc23)cc1. The molecule has 0 saturated heterocycles. The number of hydrogen-bond acceptors (Lipinski definition) is 2. The summed E-state index contributed by atoms with van der Waals surface area (Å²) in [6.45, 7) is 5.75. The third kappa shape index (κ3) is 5.55. The molecular weight excluding hydrogens is 360 g/mol. The van der Waals surface area contributed by atoms with Crippen molar-refractivity contribution in [1.29, 1.82) is 0 Å². The summed E-state index contributed by atoms with van der Waals surface area (Å²) in [5.41, 5.74) is 3.65. The fourth-order valence-electron chi connectivity index (χ4n) is 3.33. The molecule has 3 aromatic rings. The van der Waals surface area contributed by atoms with Crippen molar-refractivity contribution in [1.82, 2.24) is 5.32 Å². The molecule has 0 aliphatic carbocycles. The van der Waals surface area contributed by atoms with Gasteiger partial charge in [-0.15, -0.1) is 0 Å². The summed E-state index contributed by atoms with van der Waals surface area (Å²) in [4.78, 5) is 24.3. The zero-order valence-electron chi connectivity index (χ0n) is 17.0. The van der Waals surface area contributed by atoms with E-state index in [2.05, 4.69) is 34.9 Å². The molecule has 4 heteroatoms. The number of allylic oxidation sites excluding steroid dienone is 1. The van der Waals surface area contributed by atoms with E-state index in [1.807, 2.05) is 63.2 Å². The van der Waals surface area contributed by atoms with Crippen LogP contribution in [0.4, 0.5) is 5.69 Å². The number of rotatable bonds is 6. The highest BCUT2D eigenvalue weighted by molar-refractivity contribution is 5.99. The maximum Gasteiger partial charge on any atom is 0.248 e. The molecular formula is C25H26N2O2. The highest BCUT2D eigenvalue weighted by Gasteiger charge is 2.12. The molecule has 148 valence electrons. The maximum absolute atomic E-state index is 12.5. The first kappa shape index (κ1) is 20.3. The van der Waals surface area contributed by atoms with E-state index < -0.39 is 0 Å². The zero-order chi connectivity index (χ0) is 20.8. The second-order valence-electron chi connectivity index (χ2n) is 7.44. The van der Waals surface area contributed by atoms with E-state index in [4.69, 9.17) is 0 Å². The highest BCUT2D eigenvalue weighted by Crippen LogP contribution is 2.24. The Bertz CT molecular complexity index is 1040. The first-order valence-corrected chi connectivity index (χ1v) is 9.74. The first-order chi connectivity index (χ1) is 13.9. The summed E-state index contributed by atoms with van der Waals surface area (Å²) >= 11 is 0. The van der Waals surface area contributed by atoms with Crippen LogP contribution in [0.3, 0.4) is 0 Å². The molecule has 0 saturated carbocycles. The fourth-order valence-corrected chi connectivity index (χ4v) is 3.33. The normalized spacial score (nSPS) is 11.6. The Balaban J connectivity index is 1.61. The molecule has 0 aromatic heterocycles. The third-order valence-corrected chi connectivity index (χ3v) is 4.67. The summed E-state index contributed by atoms with van der Waals surface area (Å²) in [7, 11) is 0. The van der Waals surface area contributed by atoms with E-state index in [1.165, 1.54) is 0 Å². The second kappa shape index (κ2) is 9.20. The third-order valence-electron chi connectivity index (χ3n) is 4.67. The number of benzene rings is 3. The lowest BCUT2D eigenvalue weighted by molar-refractivity contribution is -0.121. The molecule has 0 heterocycles. The first-order valence-electron chi connectivity index (χ1n) is 9.74. The summed E-state index contributed by atoms with van der Waals surface area (Å²) in [6, 6.07) is 21.6. The Morgan fingerprint density at radius 3 is 2.34 bits per heavy atom. The topological polar surface area (TPSA) is 58.2 Å². The molecule has 0 bridgehead atoms. The lowest BCUT2D eigenvalue weighted by atomic mass is 9.99. The van der Waals surface area contributed by atoms with Crippen molar-refractivity contribution in [2.45, 2.75) is 33.2 Å². The number of anilines is 1. The van der Waals surface area contributed by atoms with Crippen LogP contribution in [-0.2, 0) is 16.0 Å². The standard InChI is InChI=1S/C25H26N2O2/c1-17(2)15-24(28)27-21-13-11-19(12-14-21)16-25(29)26-18(3)22-10-6-8-20-7-4-5-9-23(20)22/h4-15,18H,16H2,1-3H3,(H,26,29)(H,27,28)/t18-/m1/s1. The number of fused-ring (bicyclic) bond motifs is 1. The Labute approximate surface area is 171 Å². The predicted octanol–water partition coefficient (Wildman–Crippen LogP) is 5.16. The van der Waals surface area contributed by atoms with Gasteiger partial charge in [0.1, 0.15) is 0 Å². The molecule has 4 nitrogen and oxygen atoms in total. The average molecular weight is 386 g/mol. The predicted molar refractivity (Wildman–Crippen MR) is 119 cm³/mol. The molecule has 2 N–H and O–H groups in total. The molecule has 0 fully saturated rings. The maximum atomic E-state index is 12.5. The van der Waals surface area contributed by atoms with Crippen molar-refractivity contribution in [2.75, 3.05) is 5.32 Å². The highest BCUT2D eigenvalue weighted by atomic mass is 16.2. The fraction of sp³-hybridized carbons (Fsp3) is 0.200. The van der Waals surface area contributed by atoms with Gasteiger partial charge in [-0.1, -0.05) is 60.2 Å². The van der Waals surface area contributed by atoms with Gasteiger partial charge in [-0.25, -0.2) is 0 Å². The van der Waals surface area contributed by atoms with Crippen LogP contribution in [0.5, 0.6) is 0 Å². The number of amides is 2. The molecule has 0 aliphatic heterocycles. The van der Waals surface area contributed by atoms with Crippen LogP contribution in [0.25, 0.3) is 10.8 Å². The Morgan fingerprint density at radius 1 is 0.931 bits per heavy atom. The van der Waals surface area contributed by atoms with Gasteiger partial charge in [-0.3, -0.25) is 9.59 Å². The lowest BCUT2D eigenvalue weighted by Gasteiger charge is -2.17. The van der Waals surface area contributed by atoms with Crippen molar-refractivity contribution in [3.8, 4) is 0 Å². The molecule has 3 rings (SSSR count). The van der Waals surface area contributed by atoms with Crippen molar-refractivity contribution in [3.05, 3.63) is 89.5 Å². The molecule has 0 aliphatic rings. The average Bonchev–Trinajstić information content (AvgIpc) is 2.68. The minimum atomic E-state index is -0.153. The Morgan fingerprint density at radius 2 is 1.62 bits per heavy atom. The van der Waals surface area contributed by atoms with Gasteiger partial charge in [-0.2, -0.15) is 0 Å². The number of carbonyl (C=O) groups excluding carboxylic acids is 2. The Kier molecular flexibility index (Phi) is 6.45. The number of carbonyl (C=O) groups is 2. The van der Waals surface area contributed by atoms with Crippen molar-refractivity contribution in [2.24, 2.45) is 0 Å². The van der Waals surface area contributed by atoms with E-state index in [0.29, 0.717) is 5.69 Å². The van der Waals surface area contributed by atoms with Gasteiger partial charge in [-0.05, 0) is 54.8 Å². The zero-order valence-corrected chi connectivity index (χ0v) is 17.0. The van der Waals surface area contributed by atoms with Crippen LogP contribution in [-0.4, -0.2) is 11.8 Å². The van der Waals surface area contributed by atoms with Gasteiger partial charge in [0.25, 0.3) is 0 Å². The van der Waals surface area contributed by atoms with Crippen molar-refractivity contribution in [3.63, 3.8) is 0 Å². The molecule has 0 radical (unpaired) electrons. The van der Waals surface area contributed by atoms with Gasteiger partial charge >= 0.3 is 0 Å². The Hall–Kier alpha value is -3.40. The van der Waals surface area contributed by atoms with E-state index in [1.54, 1.807) is 6.08 Å². The molecule has 0 spiro atoms. The van der Waals surface area contributed by atoms with E-state index >= 15 is 0 Å². The summed E-state index contributed by atoms with van der Waals surface area (Å²) in [5.74, 6) is -0.189. The van der Waals surface area contributed by atoms with Gasteiger partial charge in [0.15, 0.2) is 0 Å². The van der Waals surface area contributed by atoms with Crippen LogP contribution >= 0.6 is 0 Å². The molecule has 0 unspecified atom stereocenters. The van der Waals surface area contributed by atoms with Crippen LogP contribution in [0.1, 0.15) is 37.9 Å². The number of nitrogens with one attached hydrogen (secondary N) is 2. The summed E-state index contributed by atoms with van der Waals surface area (Å²) in [6.07, 6.45) is 1.84. The minimum Gasteiger partial charge on any atom is -0.349 e. The quantitative estimate of drug-likeness (QED) is 0.575. The molecule has 2 amide bonds. The summed E-state index contributed by atoms with van der Waals surface area (Å²) in [5, 5.41) is 8.21. The van der Waals surface area contributed by atoms with Gasteiger partial charge in [0.2, 0.25) is 11.8 Å². The van der Waals surface area contributed by atoms with Crippen LogP contribution < -0.4 is 10.6 Å². The monoisotopic (exact) mass is 386 g/mol. The lowest BCUT2D eigenvalue weighted by Crippen LogP contribution is -2.28. The minimum absolute atomic E-state index is 0.0354. The smallest absolute Gasteiger partial charge is 0.248 e. The van der Waals surface area contributed by atoms with E-state index in [0.717, 1.165) is 27.5 Å². The van der Waals surface area contributed by atoms with Gasteiger partial charge in [0, 0.05) is 11.8 Å². The van der Waals surface area contributed by atoms with E-state index in [9.17, 15) is 9.59 Å². The molecule has 29 heavy (non-hydrogen) atoms. The van der Waals surface area contributed by atoms with Crippen LogP contribution in [0.15, 0.2) is 78.4 Å². The molecule has 3 aromatic carbocycles. The van der Waals surface area contributed by atoms with Gasteiger partial charge < -0.3 is 10.6 Å². The van der Waals surface area contributed by atoms with Crippen molar-refractivity contribution >= 4 is 28.3 Å². The van der Waals surface area contributed by atoms with Gasteiger partial charge in [0.05, 0.1) is 12.5 Å². The van der Waals surface area contributed by atoms with Crippen LogP contribution in [0.2, 0.25) is 0 Å². The summed E-state index contributed by atoms with van der Waals surface area (Å²) < 4.78 is 0. The molecule has 1 atom stereocenters. The largest absolute Gasteiger partial charge is 0.349 e. The number of hydrogen-bond donors (Lipinski definition) is 2. The van der Waals surface area contributed by atoms with E-state index in [-0.39, 0.29) is 24.3 Å². The van der Waals surface area contributed by atoms with Crippen LogP contribution in [0, 0.1) is 0 Å². The van der Waals surface area contributed by atoms with Crippen molar-refractivity contribution < 1.29 is 9.59 Å². The second-order valence-corrected chi connectivity index (χ2v) is 7.44.